The number of benzene rings is 3. The molecule has 0 N–H and O–H groups in total. The molecule has 4 rings (SSSR count). The second-order valence-electron chi connectivity index (χ2n) is 6.38. The molecular formula is C24H19N3O2. The lowest BCUT2D eigenvalue weighted by molar-refractivity contribution is 0.0399. The van der Waals surface area contributed by atoms with Gasteiger partial charge in [0.05, 0.1) is 11.3 Å². The molecule has 142 valence electrons. The predicted octanol–water partition coefficient (Wildman–Crippen LogP) is 4.87. The maximum Gasteiger partial charge on any atom is 0.339 e. The van der Waals surface area contributed by atoms with Crippen LogP contribution in [0.5, 0.6) is 0 Å². The van der Waals surface area contributed by atoms with Crippen molar-refractivity contribution in [1.29, 1.82) is 0 Å². The molecule has 3 aromatic carbocycles. The van der Waals surface area contributed by atoms with Crippen LogP contribution in [0, 0.1) is 0 Å². The van der Waals surface area contributed by atoms with E-state index >= 15 is 0 Å². The number of esters is 1. The van der Waals surface area contributed by atoms with Gasteiger partial charge in [0.2, 0.25) is 0 Å². The summed E-state index contributed by atoms with van der Waals surface area (Å²) in [7, 11) is 0. The van der Waals surface area contributed by atoms with Crippen LogP contribution in [0.1, 0.15) is 27.6 Å². The van der Waals surface area contributed by atoms with Gasteiger partial charge >= 0.3 is 5.97 Å². The van der Waals surface area contributed by atoms with Crippen LogP contribution in [0.15, 0.2) is 104 Å². The van der Waals surface area contributed by atoms with E-state index in [0.717, 1.165) is 11.1 Å². The maximum absolute atomic E-state index is 12.9. The van der Waals surface area contributed by atoms with Crippen LogP contribution in [0.2, 0.25) is 0 Å². The summed E-state index contributed by atoms with van der Waals surface area (Å²) in [4.78, 5) is 16.9. The van der Waals surface area contributed by atoms with Gasteiger partial charge in [0.1, 0.15) is 12.7 Å². The fourth-order valence-electron chi connectivity index (χ4n) is 3.00. The van der Waals surface area contributed by atoms with E-state index in [9.17, 15) is 4.79 Å². The standard InChI is InChI=1S/C24H19N3O2/c28-24(21-14-8-3-9-15-21)29-23(20-12-6-2-7-13-20)22(27-18-25-17-26-27)16-19-10-4-1-5-11-19/h1-18,23H/b22-16+. The van der Waals surface area contributed by atoms with Crippen LogP contribution in [0.3, 0.4) is 0 Å². The molecule has 1 heterocycles. The van der Waals surface area contributed by atoms with Gasteiger partial charge in [0.25, 0.3) is 0 Å². The molecular weight excluding hydrogens is 362 g/mol. The first-order chi connectivity index (χ1) is 14.3. The summed E-state index contributed by atoms with van der Waals surface area (Å²) in [6.07, 6.45) is 4.34. The first kappa shape index (κ1) is 18.4. The van der Waals surface area contributed by atoms with Crippen LogP contribution >= 0.6 is 0 Å². The fourth-order valence-corrected chi connectivity index (χ4v) is 3.00. The number of carbonyl (C=O) groups is 1. The highest BCUT2D eigenvalue weighted by atomic mass is 16.5. The molecule has 0 spiro atoms. The number of aromatic nitrogens is 3. The summed E-state index contributed by atoms with van der Waals surface area (Å²) in [5.41, 5.74) is 2.99. The third kappa shape index (κ3) is 4.47. The normalized spacial score (nSPS) is 12.3. The Morgan fingerprint density at radius 2 is 1.48 bits per heavy atom. The molecule has 1 unspecified atom stereocenters. The van der Waals surface area contributed by atoms with E-state index in [1.54, 1.807) is 23.1 Å². The van der Waals surface area contributed by atoms with Gasteiger partial charge in [-0.1, -0.05) is 78.9 Å². The van der Waals surface area contributed by atoms with Crippen LogP contribution in [0.25, 0.3) is 11.8 Å². The molecule has 29 heavy (non-hydrogen) atoms. The number of nitrogens with zero attached hydrogens (tertiary/aromatic N) is 3. The predicted molar refractivity (Wildman–Crippen MR) is 112 cm³/mol. The van der Waals surface area contributed by atoms with Crippen molar-refractivity contribution >= 4 is 17.7 Å². The van der Waals surface area contributed by atoms with Gasteiger partial charge in [0, 0.05) is 0 Å². The summed E-state index contributed by atoms with van der Waals surface area (Å²) in [6.45, 7) is 0. The topological polar surface area (TPSA) is 57.0 Å². The molecule has 5 heteroatoms. The first-order valence-corrected chi connectivity index (χ1v) is 9.24. The van der Waals surface area contributed by atoms with Crippen molar-refractivity contribution < 1.29 is 9.53 Å². The highest BCUT2D eigenvalue weighted by molar-refractivity contribution is 5.90. The van der Waals surface area contributed by atoms with E-state index in [2.05, 4.69) is 10.1 Å². The fraction of sp³-hybridized carbons (Fsp3) is 0.0417. The Morgan fingerprint density at radius 1 is 0.862 bits per heavy atom. The number of rotatable bonds is 6. The van der Waals surface area contributed by atoms with Crippen LogP contribution in [-0.4, -0.2) is 20.7 Å². The number of carbonyl (C=O) groups excluding carboxylic acids is 1. The Balaban J connectivity index is 1.79. The lowest BCUT2D eigenvalue weighted by atomic mass is 10.0. The Kier molecular flexibility index (Phi) is 5.58. The Bertz CT molecular complexity index is 1080. The largest absolute Gasteiger partial charge is 0.447 e. The van der Waals surface area contributed by atoms with Gasteiger partial charge in [-0.3, -0.25) is 0 Å². The second kappa shape index (κ2) is 8.80. The Labute approximate surface area is 168 Å². The van der Waals surface area contributed by atoms with Gasteiger partial charge in [-0.2, -0.15) is 5.10 Å². The van der Waals surface area contributed by atoms with Crippen molar-refractivity contribution in [3.63, 3.8) is 0 Å². The van der Waals surface area contributed by atoms with Crippen molar-refractivity contribution in [2.75, 3.05) is 0 Å². The van der Waals surface area contributed by atoms with Gasteiger partial charge in [0.15, 0.2) is 6.10 Å². The minimum absolute atomic E-state index is 0.404. The number of hydrogen-bond acceptors (Lipinski definition) is 4. The Morgan fingerprint density at radius 3 is 2.10 bits per heavy atom. The summed E-state index contributed by atoms with van der Waals surface area (Å²) in [5.74, 6) is -0.404. The summed E-state index contributed by atoms with van der Waals surface area (Å²) in [5, 5.41) is 4.29. The molecule has 0 saturated carbocycles. The average molecular weight is 381 g/mol. The summed E-state index contributed by atoms with van der Waals surface area (Å²) >= 11 is 0. The van der Waals surface area contributed by atoms with Gasteiger partial charge in [-0.15, -0.1) is 0 Å². The lowest BCUT2D eigenvalue weighted by Crippen LogP contribution is -2.17. The minimum Gasteiger partial charge on any atom is -0.447 e. The van der Waals surface area contributed by atoms with Crippen LogP contribution < -0.4 is 0 Å². The van der Waals surface area contributed by atoms with E-state index < -0.39 is 12.1 Å². The first-order valence-electron chi connectivity index (χ1n) is 9.24. The van der Waals surface area contributed by atoms with E-state index in [1.165, 1.54) is 6.33 Å². The molecule has 4 aromatic rings. The zero-order valence-corrected chi connectivity index (χ0v) is 15.6. The SMILES string of the molecule is O=C(OC(/C(=C\c1ccccc1)n1cncn1)c1ccccc1)c1ccccc1. The summed E-state index contributed by atoms with van der Waals surface area (Å²) in [6, 6.07) is 28.4. The quantitative estimate of drug-likeness (QED) is 0.447. The second-order valence-corrected chi connectivity index (χ2v) is 6.38. The van der Waals surface area contributed by atoms with Crippen molar-refractivity contribution in [3.8, 4) is 0 Å². The molecule has 0 saturated heterocycles. The van der Waals surface area contributed by atoms with Crippen molar-refractivity contribution in [3.05, 3.63) is 120 Å². The molecule has 1 atom stereocenters. The molecule has 1 aromatic heterocycles. The molecule has 0 radical (unpaired) electrons. The maximum atomic E-state index is 12.9. The molecule has 0 aliphatic heterocycles. The molecule has 0 amide bonds. The average Bonchev–Trinajstić information content (AvgIpc) is 3.32. The molecule has 0 bridgehead atoms. The third-order valence-corrected chi connectivity index (χ3v) is 4.40. The van der Waals surface area contributed by atoms with Crippen molar-refractivity contribution in [2.45, 2.75) is 6.10 Å². The third-order valence-electron chi connectivity index (χ3n) is 4.40. The number of hydrogen-bond donors (Lipinski definition) is 0. The van der Waals surface area contributed by atoms with Gasteiger partial charge < -0.3 is 4.74 Å². The molecule has 0 aliphatic rings. The Hall–Kier alpha value is -3.99. The molecule has 5 nitrogen and oxygen atoms in total. The van der Waals surface area contributed by atoms with Crippen molar-refractivity contribution in [2.24, 2.45) is 0 Å². The van der Waals surface area contributed by atoms with Crippen LogP contribution in [-0.2, 0) is 4.74 Å². The van der Waals surface area contributed by atoms with E-state index in [0.29, 0.717) is 11.3 Å². The highest BCUT2D eigenvalue weighted by Gasteiger charge is 2.24. The van der Waals surface area contributed by atoms with E-state index in [-0.39, 0.29) is 0 Å². The highest BCUT2D eigenvalue weighted by Crippen LogP contribution is 2.31. The van der Waals surface area contributed by atoms with Gasteiger partial charge in [-0.05, 0) is 29.3 Å². The van der Waals surface area contributed by atoms with Crippen molar-refractivity contribution in [1.82, 2.24) is 14.8 Å². The van der Waals surface area contributed by atoms with E-state index in [4.69, 9.17) is 4.74 Å². The lowest BCUT2D eigenvalue weighted by Gasteiger charge is -2.21. The number of ether oxygens (including phenoxy) is 1. The van der Waals surface area contributed by atoms with Gasteiger partial charge in [-0.25, -0.2) is 14.5 Å². The zero-order valence-electron chi connectivity index (χ0n) is 15.6. The summed E-state index contributed by atoms with van der Waals surface area (Å²) < 4.78 is 7.61. The zero-order chi connectivity index (χ0) is 19.9. The smallest absolute Gasteiger partial charge is 0.339 e. The van der Waals surface area contributed by atoms with E-state index in [1.807, 2.05) is 84.9 Å². The minimum atomic E-state index is -0.661. The molecule has 0 aliphatic carbocycles. The van der Waals surface area contributed by atoms with Crippen LogP contribution in [0.4, 0.5) is 0 Å². The monoisotopic (exact) mass is 381 g/mol. The molecule has 0 fully saturated rings.